The van der Waals surface area contributed by atoms with Gasteiger partial charge in [0, 0.05) is 11.0 Å². The van der Waals surface area contributed by atoms with E-state index in [1.807, 2.05) is 43.3 Å². The van der Waals surface area contributed by atoms with E-state index in [4.69, 9.17) is 14.5 Å². The van der Waals surface area contributed by atoms with Crippen LogP contribution in [-0.4, -0.2) is 21.8 Å². The first-order valence-corrected chi connectivity index (χ1v) is 10.7. The minimum Gasteiger partial charge on any atom is -0.462 e. The number of furan rings is 1. The van der Waals surface area contributed by atoms with Crippen LogP contribution in [-0.2, 0) is 4.79 Å². The van der Waals surface area contributed by atoms with E-state index in [9.17, 15) is 4.79 Å². The van der Waals surface area contributed by atoms with Crippen LogP contribution in [0.2, 0.25) is 0 Å². The molecule has 2 aliphatic rings. The lowest BCUT2D eigenvalue weighted by Crippen LogP contribution is -2.50. The van der Waals surface area contributed by atoms with Crippen LogP contribution in [0.5, 0.6) is 0 Å². The Morgan fingerprint density at radius 2 is 2.04 bits per heavy atom. The molecule has 4 rings (SSSR count). The van der Waals surface area contributed by atoms with Gasteiger partial charge in [0.25, 0.3) is 5.91 Å². The molecule has 1 aromatic carbocycles. The van der Waals surface area contributed by atoms with E-state index >= 15 is 0 Å². The molecule has 0 bridgehead atoms. The molecule has 146 valence electrons. The summed E-state index contributed by atoms with van der Waals surface area (Å²) in [7, 11) is 0. The number of thioether (sulfide) groups is 1. The summed E-state index contributed by atoms with van der Waals surface area (Å²) in [4.78, 5) is 17.8. The number of nitrogens with zero attached hydrogens (tertiary/aromatic N) is 3. The van der Waals surface area contributed by atoms with Crippen molar-refractivity contribution >= 4 is 28.5 Å². The van der Waals surface area contributed by atoms with Gasteiger partial charge >= 0.3 is 0 Å². The number of hydrazone groups is 1. The van der Waals surface area contributed by atoms with Gasteiger partial charge in [0.2, 0.25) is 6.17 Å². The molecule has 0 fully saturated rings. The summed E-state index contributed by atoms with van der Waals surface area (Å²) in [6.45, 7) is 4.10. The summed E-state index contributed by atoms with van der Waals surface area (Å²) >= 11 is 1.58. The fourth-order valence-electron chi connectivity index (χ4n) is 3.37. The second kappa shape index (κ2) is 8.22. The predicted molar refractivity (Wildman–Crippen MR) is 111 cm³/mol. The van der Waals surface area contributed by atoms with Gasteiger partial charge in [-0.1, -0.05) is 56.1 Å². The number of aryl methyl sites for hydroxylation is 1. The molecule has 1 aromatic heterocycles. The van der Waals surface area contributed by atoms with E-state index < -0.39 is 6.17 Å². The third-order valence-corrected chi connectivity index (χ3v) is 5.72. The third-order valence-electron chi connectivity index (χ3n) is 4.77. The third kappa shape index (κ3) is 3.71. The zero-order chi connectivity index (χ0) is 19.5. The second-order valence-electron chi connectivity index (χ2n) is 6.93. The van der Waals surface area contributed by atoms with Crippen molar-refractivity contribution in [1.29, 1.82) is 0 Å². The lowest BCUT2D eigenvalue weighted by Gasteiger charge is -2.32. The summed E-state index contributed by atoms with van der Waals surface area (Å²) in [5, 5.41) is 11.6. The Bertz CT molecular complexity index is 1030. The molecule has 0 radical (unpaired) electrons. The lowest BCUT2D eigenvalue weighted by molar-refractivity contribution is -0.116. The van der Waals surface area contributed by atoms with Gasteiger partial charge in [-0.2, -0.15) is 0 Å². The largest absolute Gasteiger partial charge is 0.462 e. The zero-order valence-corrected chi connectivity index (χ0v) is 17.0. The highest BCUT2D eigenvalue weighted by molar-refractivity contribution is 8.13. The van der Waals surface area contributed by atoms with Crippen molar-refractivity contribution in [2.24, 2.45) is 10.1 Å². The standard InChI is InChI=1S/C21H24N4O2S/c1-3-4-5-8-13-28-21-23-20(26)18-15-9-6-7-10-16(15)22-19(25(18)24-21)17-12-11-14(2)27-17/h6-7,9-12,19H,3-5,8,13H2,1-2H3,(H,23,24,26)/t19-/m0/s1. The fourth-order valence-corrected chi connectivity index (χ4v) is 4.22. The van der Waals surface area contributed by atoms with Gasteiger partial charge in [0.15, 0.2) is 10.9 Å². The number of amidine groups is 1. The van der Waals surface area contributed by atoms with Gasteiger partial charge in [-0.3, -0.25) is 10.1 Å². The van der Waals surface area contributed by atoms with Crippen molar-refractivity contribution in [2.45, 2.75) is 45.7 Å². The number of nitrogens with one attached hydrogen (secondary N) is 1. The van der Waals surface area contributed by atoms with Crippen molar-refractivity contribution in [3.63, 3.8) is 0 Å². The number of hydrogen-bond acceptors (Lipinski definition) is 6. The fraction of sp³-hybridized carbons (Fsp3) is 0.381. The number of carbonyl (C=O) groups is 1. The minimum absolute atomic E-state index is 0.151. The Morgan fingerprint density at radius 3 is 2.82 bits per heavy atom. The maximum atomic E-state index is 13.0. The maximum absolute atomic E-state index is 13.0. The second-order valence-corrected chi connectivity index (χ2v) is 8.01. The molecule has 1 amide bonds. The molecule has 0 spiro atoms. The minimum atomic E-state index is -0.486. The average molecular weight is 397 g/mol. The van der Waals surface area contributed by atoms with Gasteiger partial charge in [-0.05, 0) is 31.5 Å². The number of amides is 1. The lowest BCUT2D eigenvalue weighted by atomic mass is 10.1. The molecule has 2 aliphatic heterocycles. The smallest absolute Gasteiger partial charge is 0.276 e. The van der Waals surface area contributed by atoms with Crippen LogP contribution in [0.3, 0.4) is 0 Å². The normalized spacial score (nSPS) is 18.1. The molecule has 28 heavy (non-hydrogen) atoms. The Balaban J connectivity index is 1.69. The van der Waals surface area contributed by atoms with Crippen molar-refractivity contribution < 1.29 is 9.21 Å². The van der Waals surface area contributed by atoms with Crippen LogP contribution in [0.1, 0.15) is 50.3 Å². The van der Waals surface area contributed by atoms with Gasteiger partial charge in [0.05, 0.1) is 5.36 Å². The van der Waals surface area contributed by atoms with Crippen LogP contribution < -0.4 is 15.9 Å². The molecule has 7 heteroatoms. The Morgan fingerprint density at radius 1 is 1.18 bits per heavy atom. The summed E-state index contributed by atoms with van der Waals surface area (Å²) in [5.74, 6) is 2.26. The van der Waals surface area contributed by atoms with E-state index in [1.54, 1.807) is 16.8 Å². The van der Waals surface area contributed by atoms with Crippen LogP contribution >= 0.6 is 11.8 Å². The molecule has 1 atom stereocenters. The van der Waals surface area contributed by atoms with E-state index in [2.05, 4.69) is 12.2 Å². The monoisotopic (exact) mass is 396 g/mol. The molecule has 0 unspecified atom stereocenters. The first-order chi connectivity index (χ1) is 13.7. The number of rotatable bonds is 6. The summed E-state index contributed by atoms with van der Waals surface area (Å²) in [6, 6.07) is 11.5. The highest BCUT2D eigenvalue weighted by Crippen LogP contribution is 2.31. The highest BCUT2D eigenvalue weighted by atomic mass is 32.2. The molecular weight excluding hydrogens is 372 g/mol. The Kier molecular flexibility index (Phi) is 5.52. The quantitative estimate of drug-likeness (QED) is 0.762. The van der Waals surface area contributed by atoms with Gasteiger partial charge in [-0.25, -0.2) is 10.0 Å². The summed E-state index contributed by atoms with van der Waals surface area (Å²) in [6.07, 6.45) is 4.26. The van der Waals surface area contributed by atoms with E-state index in [1.165, 1.54) is 19.3 Å². The SMILES string of the molecule is CCCCCCSC1=NN2C(=c3ccccc3=N[C@@H]2c2ccc(C)o2)C(=O)N1. The number of carbonyl (C=O) groups excluding carboxylic acids is 1. The first-order valence-electron chi connectivity index (χ1n) is 9.73. The Hall–Kier alpha value is -2.54. The summed E-state index contributed by atoms with van der Waals surface area (Å²) < 4.78 is 5.83. The molecule has 1 N–H and O–H groups in total. The van der Waals surface area contributed by atoms with Crippen molar-refractivity contribution in [1.82, 2.24) is 10.3 Å². The number of fused-ring (bicyclic) bond motifs is 2. The average Bonchev–Trinajstić information content (AvgIpc) is 3.13. The van der Waals surface area contributed by atoms with Crippen LogP contribution in [0.15, 0.2) is 50.9 Å². The van der Waals surface area contributed by atoms with Crippen molar-refractivity contribution in [3.8, 4) is 0 Å². The summed E-state index contributed by atoms with van der Waals surface area (Å²) in [5.41, 5.74) is 0.514. The number of unbranched alkanes of at least 4 members (excludes halogenated alkanes) is 3. The van der Waals surface area contributed by atoms with Crippen LogP contribution in [0.25, 0.3) is 5.70 Å². The van der Waals surface area contributed by atoms with Gasteiger partial charge in [0.1, 0.15) is 11.5 Å². The maximum Gasteiger partial charge on any atom is 0.276 e. The molecule has 0 saturated heterocycles. The molecule has 3 heterocycles. The molecule has 6 nitrogen and oxygen atoms in total. The predicted octanol–water partition coefficient (Wildman–Crippen LogP) is 3.04. The van der Waals surface area contributed by atoms with E-state index in [0.717, 1.165) is 28.5 Å². The first kappa shape index (κ1) is 18.8. The Labute approximate surface area is 168 Å². The van der Waals surface area contributed by atoms with Crippen molar-refractivity contribution in [2.75, 3.05) is 5.75 Å². The number of para-hydroxylation sites is 1. The molecular formula is C21H24N4O2S. The van der Waals surface area contributed by atoms with Gasteiger partial charge in [-0.15, -0.1) is 5.10 Å². The molecule has 2 aromatic rings. The molecule has 0 aliphatic carbocycles. The van der Waals surface area contributed by atoms with E-state index in [0.29, 0.717) is 16.6 Å². The van der Waals surface area contributed by atoms with E-state index in [-0.39, 0.29) is 5.91 Å². The highest BCUT2D eigenvalue weighted by Gasteiger charge is 2.35. The van der Waals surface area contributed by atoms with Crippen LogP contribution in [0, 0.1) is 6.92 Å². The van der Waals surface area contributed by atoms with Gasteiger partial charge < -0.3 is 4.42 Å². The number of benzene rings is 1. The van der Waals surface area contributed by atoms with Crippen LogP contribution in [0.4, 0.5) is 0 Å². The number of hydrogen-bond donors (Lipinski definition) is 1. The molecule has 0 saturated carbocycles. The topological polar surface area (TPSA) is 70.2 Å². The van der Waals surface area contributed by atoms with Crippen molar-refractivity contribution in [3.05, 3.63) is 58.5 Å². The zero-order valence-electron chi connectivity index (χ0n) is 16.1.